The van der Waals surface area contributed by atoms with Crippen molar-refractivity contribution in [3.63, 3.8) is 0 Å². The molecule has 1 aromatic rings. The van der Waals surface area contributed by atoms with Gasteiger partial charge >= 0.3 is 0 Å². The Hall–Kier alpha value is -0.850. The quantitative estimate of drug-likeness (QED) is 0.636. The van der Waals surface area contributed by atoms with E-state index in [9.17, 15) is 0 Å². The van der Waals surface area contributed by atoms with Crippen LogP contribution in [-0.2, 0) is 0 Å². The van der Waals surface area contributed by atoms with Gasteiger partial charge in [-0.1, -0.05) is 6.42 Å². The van der Waals surface area contributed by atoms with Crippen molar-refractivity contribution in [1.29, 1.82) is 0 Å². The van der Waals surface area contributed by atoms with E-state index in [1.54, 1.807) is 0 Å². The SMILES string of the molecule is c1cc(C2CC3CCC2C3)ccn1. The summed E-state index contributed by atoms with van der Waals surface area (Å²) >= 11 is 0. The zero-order chi connectivity index (χ0) is 8.67. The molecule has 0 aromatic carbocycles. The second kappa shape index (κ2) is 2.83. The van der Waals surface area contributed by atoms with E-state index in [2.05, 4.69) is 17.1 Å². The van der Waals surface area contributed by atoms with Gasteiger partial charge in [0.2, 0.25) is 0 Å². The third kappa shape index (κ3) is 1.18. The highest BCUT2D eigenvalue weighted by Crippen LogP contribution is 2.52. The molecule has 0 amide bonds. The lowest BCUT2D eigenvalue weighted by molar-refractivity contribution is 0.420. The van der Waals surface area contributed by atoms with Gasteiger partial charge in [-0.15, -0.1) is 0 Å². The van der Waals surface area contributed by atoms with Crippen LogP contribution in [0.25, 0.3) is 0 Å². The van der Waals surface area contributed by atoms with Crippen molar-refractivity contribution in [2.24, 2.45) is 11.8 Å². The summed E-state index contributed by atoms with van der Waals surface area (Å²) in [7, 11) is 0. The highest BCUT2D eigenvalue weighted by atomic mass is 14.6. The van der Waals surface area contributed by atoms with Crippen molar-refractivity contribution in [1.82, 2.24) is 4.98 Å². The van der Waals surface area contributed by atoms with Crippen molar-refractivity contribution >= 4 is 0 Å². The van der Waals surface area contributed by atoms with Crippen molar-refractivity contribution in [3.05, 3.63) is 30.1 Å². The predicted molar refractivity (Wildman–Crippen MR) is 52.4 cm³/mol. The van der Waals surface area contributed by atoms with Crippen molar-refractivity contribution in [3.8, 4) is 0 Å². The van der Waals surface area contributed by atoms with Gasteiger partial charge in [0.15, 0.2) is 0 Å². The smallest absolute Gasteiger partial charge is 0.0270 e. The minimum absolute atomic E-state index is 0.863. The summed E-state index contributed by atoms with van der Waals surface area (Å²) in [5.41, 5.74) is 1.53. The molecule has 2 fully saturated rings. The number of fused-ring (bicyclic) bond motifs is 2. The van der Waals surface area contributed by atoms with Gasteiger partial charge in [0.1, 0.15) is 0 Å². The average Bonchev–Trinajstić information content (AvgIpc) is 2.80. The Morgan fingerprint density at radius 1 is 1.08 bits per heavy atom. The minimum Gasteiger partial charge on any atom is -0.265 e. The molecule has 2 aliphatic carbocycles. The molecule has 2 saturated carbocycles. The van der Waals surface area contributed by atoms with Gasteiger partial charge < -0.3 is 0 Å². The molecule has 1 aromatic heterocycles. The summed E-state index contributed by atoms with van der Waals surface area (Å²) in [5, 5.41) is 0. The zero-order valence-corrected chi connectivity index (χ0v) is 7.82. The van der Waals surface area contributed by atoms with Crippen LogP contribution in [0.3, 0.4) is 0 Å². The lowest BCUT2D eigenvalue weighted by Gasteiger charge is -2.21. The van der Waals surface area contributed by atoms with Gasteiger partial charge in [0.05, 0.1) is 0 Å². The molecule has 3 unspecified atom stereocenters. The fraction of sp³-hybridized carbons (Fsp3) is 0.583. The lowest BCUT2D eigenvalue weighted by Crippen LogP contribution is -2.08. The molecular weight excluding hydrogens is 158 g/mol. The first-order chi connectivity index (χ1) is 6.43. The van der Waals surface area contributed by atoms with Crippen LogP contribution < -0.4 is 0 Å². The minimum atomic E-state index is 0.863. The Kier molecular flexibility index (Phi) is 1.64. The normalized spacial score (nSPS) is 36.8. The van der Waals surface area contributed by atoms with E-state index in [0.29, 0.717) is 0 Å². The standard InChI is InChI=1S/C12H15N/c1-2-11-7-9(1)8-12(11)10-3-5-13-6-4-10/h3-6,9,11-12H,1-2,7-8H2. The highest BCUT2D eigenvalue weighted by molar-refractivity contribution is 5.20. The molecule has 2 aliphatic rings. The second-order valence-corrected chi connectivity index (χ2v) is 4.56. The Balaban J connectivity index is 1.87. The Morgan fingerprint density at radius 3 is 2.54 bits per heavy atom. The third-order valence-electron chi connectivity index (χ3n) is 3.87. The average molecular weight is 173 g/mol. The summed E-state index contributed by atoms with van der Waals surface area (Å²) in [6, 6.07) is 4.40. The Bertz CT molecular complexity index is 293. The number of hydrogen-bond acceptors (Lipinski definition) is 1. The maximum Gasteiger partial charge on any atom is 0.0270 e. The number of pyridine rings is 1. The van der Waals surface area contributed by atoms with Crippen LogP contribution in [0.1, 0.15) is 37.2 Å². The Morgan fingerprint density at radius 2 is 1.92 bits per heavy atom. The van der Waals surface area contributed by atoms with Crippen LogP contribution in [0.4, 0.5) is 0 Å². The van der Waals surface area contributed by atoms with Gasteiger partial charge in [0.25, 0.3) is 0 Å². The van der Waals surface area contributed by atoms with E-state index >= 15 is 0 Å². The van der Waals surface area contributed by atoms with E-state index < -0.39 is 0 Å². The predicted octanol–water partition coefficient (Wildman–Crippen LogP) is 2.99. The van der Waals surface area contributed by atoms with E-state index in [4.69, 9.17) is 0 Å². The van der Waals surface area contributed by atoms with Crippen LogP contribution in [0.2, 0.25) is 0 Å². The van der Waals surface area contributed by atoms with Crippen LogP contribution in [0.15, 0.2) is 24.5 Å². The number of hydrogen-bond donors (Lipinski definition) is 0. The molecule has 3 rings (SSSR count). The second-order valence-electron chi connectivity index (χ2n) is 4.56. The fourth-order valence-corrected chi connectivity index (χ4v) is 3.26. The summed E-state index contributed by atoms with van der Waals surface area (Å²) in [5.74, 6) is 2.90. The first kappa shape index (κ1) is 7.54. The van der Waals surface area contributed by atoms with Crippen molar-refractivity contribution in [2.45, 2.75) is 31.6 Å². The van der Waals surface area contributed by atoms with Gasteiger partial charge in [-0.05, 0) is 54.7 Å². The van der Waals surface area contributed by atoms with Crippen LogP contribution in [0.5, 0.6) is 0 Å². The first-order valence-electron chi connectivity index (χ1n) is 5.33. The van der Waals surface area contributed by atoms with Crippen LogP contribution in [-0.4, -0.2) is 4.98 Å². The largest absolute Gasteiger partial charge is 0.265 e. The van der Waals surface area contributed by atoms with E-state index in [0.717, 1.165) is 17.8 Å². The van der Waals surface area contributed by atoms with E-state index in [1.165, 1.54) is 31.2 Å². The summed E-state index contributed by atoms with van der Waals surface area (Å²) in [4.78, 5) is 4.08. The van der Waals surface area contributed by atoms with Crippen molar-refractivity contribution < 1.29 is 0 Å². The molecule has 1 heterocycles. The van der Waals surface area contributed by atoms with Gasteiger partial charge in [0, 0.05) is 12.4 Å². The lowest BCUT2D eigenvalue weighted by atomic mass is 9.84. The molecule has 2 bridgehead atoms. The molecule has 0 aliphatic heterocycles. The summed E-state index contributed by atoms with van der Waals surface area (Å²) in [6.07, 6.45) is 9.76. The van der Waals surface area contributed by atoms with E-state index in [1.807, 2.05) is 12.4 Å². The number of nitrogens with zero attached hydrogens (tertiary/aromatic N) is 1. The van der Waals surface area contributed by atoms with Gasteiger partial charge in [-0.25, -0.2) is 0 Å². The van der Waals surface area contributed by atoms with Crippen LogP contribution >= 0.6 is 0 Å². The maximum absolute atomic E-state index is 4.08. The topological polar surface area (TPSA) is 12.9 Å². The molecule has 13 heavy (non-hydrogen) atoms. The zero-order valence-electron chi connectivity index (χ0n) is 7.82. The Labute approximate surface area is 79.2 Å². The van der Waals surface area contributed by atoms with E-state index in [-0.39, 0.29) is 0 Å². The molecule has 0 spiro atoms. The highest BCUT2D eigenvalue weighted by Gasteiger charge is 2.39. The van der Waals surface area contributed by atoms with Gasteiger partial charge in [-0.3, -0.25) is 4.98 Å². The molecule has 0 radical (unpaired) electrons. The van der Waals surface area contributed by atoms with Gasteiger partial charge in [-0.2, -0.15) is 0 Å². The molecule has 1 nitrogen and oxygen atoms in total. The number of aromatic nitrogens is 1. The molecule has 68 valence electrons. The summed E-state index contributed by atoms with van der Waals surface area (Å²) < 4.78 is 0. The van der Waals surface area contributed by atoms with Crippen LogP contribution in [0, 0.1) is 11.8 Å². The monoisotopic (exact) mass is 173 g/mol. The molecule has 0 saturated heterocycles. The third-order valence-corrected chi connectivity index (χ3v) is 3.87. The van der Waals surface area contributed by atoms with Crippen molar-refractivity contribution in [2.75, 3.05) is 0 Å². The maximum atomic E-state index is 4.08. The fourth-order valence-electron chi connectivity index (χ4n) is 3.26. The first-order valence-corrected chi connectivity index (χ1v) is 5.33. The number of rotatable bonds is 1. The molecule has 3 atom stereocenters. The molecular formula is C12H15N. The summed E-state index contributed by atoms with van der Waals surface area (Å²) in [6.45, 7) is 0. The molecule has 1 heteroatoms. The molecule has 0 N–H and O–H groups in total.